The van der Waals surface area contributed by atoms with E-state index in [0.717, 1.165) is 10.4 Å². The van der Waals surface area contributed by atoms with Crippen LogP contribution in [0.3, 0.4) is 0 Å². The van der Waals surface area contributed by atoms with Gasteiger partial charge in [-0.25, -0.2) is 9.18 Å². The van der Waals surface area contributed by atoms with Gasteiger partial charge in [0.1, 0.15) is 5.69 Å². The second-order valence-corrected chi connectivity index (χ2v) is 6.88. The van der Waals surface area contributed by atoms with Crippen LogP contribution >= 0.6 is 11.3 Å². The van der Waals surface area contributed by atoms with Gasteiger partial charge in [0.05, 0.1) is 10.4 Å². The minimum atomic E-state index is -1.43. The lowest BCUT2D eigenvalue weighted by Crippen LogP contribution is -2.04. The first-order chi connectivity index (χ1) is 13.0. The van der Waals surface area contributed by atoms with Crippen molar-refractivity contribution in [3.05, 3.63) is 65.3 Å². The van der Waals surface area contributed by atoms with Crippen molar-refractivity contribution in [3.8, 4) is 27.8 Å². The number of hydrogen-bond donors (Lipinski definition) is 2. The highest BCUT2D eigenvalue weighted by Gasteiger charge is 2.25. The third-order valence-electron chi connectivity index (χ3n) is 4.28. The summed E-state index contributed by atoms with van der Waals surface area (Å²) in [5.41, 5.74) is 2.58. The largest absolute Gasteiger partial charge is 0.511 e. The van der Waals surface area contributed by atoms with Crippen LogP contribution in [-0.2, 0) is 0 Å². The molecule has 2 aromatic carbocycles. The number of rotatable bonds is 3. The maximum absolute atomic E-state index is 14.0. The van der Waals surface area contributed by atoms with Crippen LogP contribution in [0, 0.1) is 12.7 Å². The van der Waals surface area contributed by atoms with Crippen molar-refractivity contribution in [2.24, 2.45) is 0 Å². The molecule has 0 radical (unpaired) electrons. The van der Waals surface area contributed by atoms with Crippen molar-refractivity contribution >= 4 is 28.4 Å². The van der Waals surface area contributed by atoms with Crippen molar-refractivity contribution < 1.29 is 24.1 Å². The first-order valence-corrected chi connectivity index (χ1v) is 8.93. The number of aromatic hydroxyl groups is 1. The molecule has 0 unspecified atom stereocenters. The van der Waals surface area contributed by atoms with Gasteiger partial charge in [0.2, 0.25) is 0 Å². The molecule has 27 heavy (non-hydrogen) atoms. The maximum Gasteiger partial charge on any atom is 0.511 e. The summed E-state index contributed by atoms with van der Waals surface area (Å²) < 4.78 is 20.9. The van der Waals surface area contributed by atoms with Crippen LogP contribution in [0.4, 0.5) is 9.18 Å². The van der Waals surface area contributed by atoms with E-state index in [2.05, 4.69) is 0 Å². The van der Waals surface area contributed by atoms with E-state index >= 15 is 0 Å². The average molecular weight is 383 g/mol. The molecule has 0 aliphatic rings. The fourth-order valence-electron chi connectivity index (χ4n) is 3.12. The summed E-state index contributed by atoms with van der Waals surface area (Å²) in [7, 11) is 0. The van der Waals surface area contributed by atoms with Gasteiger partial charge < -0.3 is 19.5 Å². The summed E-state index contributed by atoms with van der Waals surface area (Å²) >= 11 is 1.44. The van der Waals surface area contributed by atoms with Gasteiger partial charge in [0.25, 0.3) is 0 Å². The number of aromatic nitrogens is 1. The summed E-state index contributed by atoms with van der Waals surface area (Å²) in [6, 6.07) is 13.1. The summed E-state index contributed by atoms with van der Waals surface area (Å²) in [5.74, 6) is -1.02. The number of nitrogens with zero attached hydrogens (tertiary/aromatic N) is 1. The molecule has 4 aromatic rings. The van der Waals surface area contributed by atoms with Crippen LogP contribution in [-0.4, -0.2) is 20.9 Å². The number of benzene rings is 2. The van der Waals surface area contributed by atoms with E-state index in [-0.39, 0.29) is 5.75 Å². The van der Waals surface area contributed by atoms with Crippen molar-refractivity contribution in [1.29, 1.82) is 0 Å². The monoisotopic (exact) mass is 383 g/mol. The number of carboxylic acid groups (broad SMARTS) is 1. The zero-order chi connectivity index (χ0) is 19.1. The second kappa shape index (κ2) is 6.44. The molecule has 0 amide bonds. The molecule has 4 rings (SSSR count). The molecule has 2 N–H and O–H groups in total. The lowest BCUT2D eigenvalue weighted by Gasteiger charge is -2.12. The summed E-state index contributed by atoms with van der Waals surface area (Å²) in [4.78, 5) is 12.2. The van der Waals surface area contributed by atoms with Crippen molar-refractivity contribution in [2.45, 2.75) is 6.92 Å². The van der Waals surface area contributed by atoms with Gasteiger partial charge in [-0.3, -0.25) is 0 Å². The first kappa shape index (κ1) is 17.1. The van der Waals surface area contributed by atoms with Crippen LogP contribution in [0.2, 0.25) is 0 Å². The fourth-order valence-corrected chi connectivity index (χ4v) is 4.08. The Labute approximate surface area is 157 Å². The van der Waals surface area contributed by atoms with Crippen molar-refractivity contribution in [1.82, 2.24) is 4.57 Å². The number of hydrogen-bond acceptors (Lipinski definition) is 4. The highest BCUT2D eigenvalue weighted by Crippen LogP contribution is 2.45. The molecule has 7 heteroatoms. The number of phenols is 1. The molecule has 2 aromatic heterocycles. The predicted octanol–water partition coefficient (Wildman–Crippen LogP) is 5.57. The standard InChI is InChI=1S/C20H14FNO4S/c1-11-8-9-27-19(11)17-18(26-20(24)25)13-4-2-3-5-15(13)22(17)12-6-7-16(23)14(21)10-12/h2-10,23H,1H3,(H,24,25). The zero-order valence-corrected chi connectivity index (χ0v) is 15.0. The molecule has 0 aliphatic heterocycles. The molecule has 0 fully saturated rings. The topological polar surface area (TPSA) is 71.7 Å². The summed E-state index contributed by atoms with van der Waals surface area (Å²) in [5, 5.41) is 21.3. The van der Waals surface area contributed by atoms with Crippen LogP contribution in [0.5, 0.6) is 11.5 Å². The van der Waals surface area contributed by atoms with E-state index in [4.69, 9.17) is 4.74 Å². The third kappa shape index (κ3) is 2.82. The lowest BCUT2D eigenvalue weighted by atomic mass is 10.2. The van der Waals surface area contributed by atoms with E-state index in [9.17, 15) is 19.4 Å². The number of carbonyl (C=O) groups is 1. The highest BCUT2D eigenvalue weighted by molar-refractivity contribution is 7.13. The van der Waals surface area contributed by atoms with E-state index in [1.165, 1.54) is 23.5 Å². The van der Waals surface area contributed by atoms with Gasteiger partial charge in [0.15, 0.2) is 17.3 Å². The number of aryl methyl sites for hydroxylation is 1. The van der Waals surface area contributed by atoms with Gasteiger partial charge >= 0.3 is 6.16 Å². The third-order valence-corrected chi connectivity index (χ3v) is 5.31. The maximum atomic E-state index is 14.0. The molecule has 0 atom stereocenters. The van der Waals surface area contributed by atoms with Gasteiger partial charge in [0, 0.05) is 17.1 Å². The second-order valence-electron chi connectivity index (χ2n) is 5.97. The Morgan fingerprint density at radius 3 is 2.63 bits per heavy atom. The lowest BCUT2D eigenvalue weighted by molar-refractivity contribution is 0.145. The Hall–Kier alpha value is -3.32. The van der Waals surface area contributed by atoms with Gasteiger partial charge in [-0.05, 0) is 48.2 Å². The Kier molecular flexibility index (Phi) is 4.08. The van der Waals surface area contributed by atoms with Crippen molar-refractivity contribution in [3.63, 3.8) is 0 Å². The molecular formula is C20H14FNO4S. The first-order valence-electron chi connectivity index (χ1n) is 8.05. The summed E-state index contributed by atoms with van der Waals surface area (Å²) in [6.07, 6.45) is -1.43. The molecule has 0 saturated heterocycles. The molecule has 5 nitrogen and oxygen atoms in total. The van der Waals surface area contributed by atoms with E-state index < -0.39 is 17.7 Å². The highest BCUT2D eigenvalue weighted by atomic mass is 32.1. The minimum Gasteiger partial charge on any atom is -0.505 e. The van der Waals surface area contributed by atoms with Crippen LogP contribution < -0.4 is 4.74 Å². The Morgan fingerprint density at radius 2 is 1.96 bits per heavy atom. The van der Waals surface area contributed by atoms with Gasteiger partial charge in [-0.1, -0.05) is 12.1 Å². The normalized spacial score (nSPS) is 11.0. The van der Waals surface area contributed by atoms with Crippen LogP contribution in [0.15, 0.2) is 53.9 Å². The Morgan fingerprint density at radius 1 is 1.19 bits per heavy atom. The molecule has 2 heterocycles. The molecular weight excluding hydrogens is 369 g/mol. The van der Waals surface area contributed by atoms with Gasteiger partial charge in [-0.15, -0.1) is 11.3 Å². The van der Waals surface area contributed by atoms with Crippen molar-refractivity contribution in [2.75, 3.05) is 0 Å². The molecule has 0 saturated carbocycles. The number of para-hydroxylation sites is 1. The zero-order valence-electron chi connectivity index (χ0n) is 14.1. The molecule has 0 bridgehead atoms. The Balaban J connectivity index is 2.14. The molecule has 136 valence electrons. The van der Waals surface area contributed by atoms with E-state index in [1.54, 1.807) is 28.8 Å². The minimum absolute atomic E-state index is 0.192. The summed E-state index contributed by atoms with van der Waals surface area (Å²) in [6.45, 7) is 1.91. The quantitative estimate of drug-likeness (QED) is 0.454. The number of halogens is 1. The van der Waals surface area contributed by atoms with Crippen LogP contribution in [0.1, 0.15) is 5.56 Å². The van der Waals surface area contributed by atoms with Crippen LogP contribution in [0.25, 0.3) is 27.2 Å². The van der Waals surface area contributed by atoms with E-state index in [0.29, 0.717) is 22.3 Å². The predicted molar refractivity (Wildman–Crippen MR) is 102 cm³/mol. The smallest absolute Gasteiger partial charge is 0.505 e. The fraction of sp³-hybridized carbons (Fsp3) is 0.0500. The Bertz CT molecular complexity index is 1180. The average Bonchev–Trinajstić information content (AvgIpc) is 3.18. The number of thiophene rings is 1. The van der Waals surface area contributed by atoms with Gasteiger partial charge in [-0.2, -0.15) is 0 Å². The van der Waals surface area contributed by atoms with E-state index in [1.807, 2.05) is 24.4 Å². The number of ether oxygens (including phenoxy) is 1. The molecule has 0 aliphatic carbocycles. The number of fused-ring (bicyclic) bond motifs is 1. The number of phenolic OH excluding ortho intramolecular Hbond substituents is 1. The molecule has 0 spiro atoms. The SMILES string of the molecule is Cc1ccsc1-c1c(OC(=O)O)c2ccccc2n1-c1ccc(O)c(F)c1.